The Morgan fingerprint density at radius 3 is 2.70 bits per heavy atom. The molecule has 110 valence electrons. The van der Waals surface area contributed by atoms with Gasteiger partial charge in [0.05, 0.1) is 0 Å². The number of aryl methyl sites for hydroxylation is 1. The van der Waals surface area contributed by atoms with Crippen LogP contribution in [0.3, 0.4) is 0 Å². The molecule has 0 saturated heterocycles. The van der Waals surface area contributed by atoms with E-state index < -0.39 is 0 Å². The molecule has 4 heteroatoms. The highest BCUT2D eigenvalue weighted by molar-refractivity contribution is 5.96. The zero-order chi connectivity index (χ0) is 14.6. The lowest BCUT2D eigenvalue weighted by Gasteiger charge is -2.16. The highest BCUT2D eigenvalue weighted by atomic mass is 16.5. The maximum Gasteiger partial charge on any atom is 0.251 e. The Hall–Kier alpha value is -1.55. The molecule has 2 rings (SSSR count). The minimum Gasteiger partial charge on any atom is -0.388 e. The summed E-state index contributed by atoms with van der Waals surface area (Å²) in [4.78, 5) is 12.3. The Morgan fingerprint density at radius 1 is 1.40 bits per heavy atom. The summed E-state index contributed by atoms with van der Waals surface area (Å²) in [5.74, 6) is 0.0221. The summed E-state index contributed by atoms with van der Waals surface area (Å²) >= 11 is 0. The lowest BCUT2D eigenvalue weighted by Crippen LogP contribution is -2.31. The average Bonchev–Trinajstić information content (AvgIpc) is 3.23. The number of amides is 1. The minimum atomic E-state index is 0.0221. The minimum absolute atomic E-state index is 0.0221. The number of hydrogen-bond acceptors (Lipinski definition) is 3. The Kier molecular flexibility index (Phi) is 4.65. The molecular formula is C16H24N2O2. The summed E-state index contributed by atoms with van der Waals surface area (Å²) < 4.78 is 5.13. The molecule has 1 aromatic carbocycles. The number of rotatable bonds is 7. The van der Waals surface area contributed by atoms with Gasteiger partial charge < -0.3 is 15.4 Å². The second kappa shape index (κ2) is 6.27. The lowest BCUT2D eigenvalue weighted by molar-refractivity contribution is 0.0937. The van der Waals surface area contributed by atoms with E-state index >= 15 is 0 Å². The predicted molar refractivity (Wildman–Crippen MR) is 81.2 cm³/mol. The number of benzene rings is 1. The predicted octanol–water partition coefficient (Wildman–Crippen LogP) is 2.58. The van der Waals surface area contributed by atoms with Crippen LogP contribution in [0.25, 0.3) is 0 Å². The quantitative estimate of drug-likeness (QED) is 0.805. The van der Waals surface area contributed by atoms with Crippen molar-refractivity contribution in [2.24, 2.45) is 5.41 Å². The van der Waals surface area contributed by atoms with Crippen LogP contribution >= 0.6 is 0 Å². The summed E-state index contributed by atoms with van der Waals surface area (Å²) in [5.41, 5.74) is 3.06. The van der Waals surface area contributed by atoms with Crippen LogP contribution in [0.5, 0.6) is 0 Å². The molecule has 2 N–H and O–H groups in total. The topological polar surface area (TPSA) is 50.4 Å². The van der Waals surface area contributed by atoms with Gasteiger partial charge in [0.25, 0.3) is 5.91 Å². The van der Waals surface area contributed by atoms with E-state index in [-0.39, 0.29) is 11.3 Å². The second-order valence-corrected chi connectivity index (χ2v) is 5.71. The Morgan fingerprint density at radius 2 is 2.15 bits per heavy atom. The van der Waals surface area contributed by atoms with E-state index in [1.165, 1.54) is 12.8 Å². The molecule has 1 fully saturated rings. The first-order chi connectivity index (χ1) is 9.60. The van der Waals surface area contributed by atoms with Gasteiger partial charge in [-0.2, -0.15) is 0 Å². The Bertz CT molecular complexity index is 481. The van der Waals surface area contributed by atoms with Crippen LogP contribution in [0.2, 0.25) is 0 Å². The van der Waals surface area contributed by atoms with E-state index in [2.05, 4.69) is 10.6 Å². The molecule has 0 aliphatic heterocycles. The van der Waals surface area contributed by atoms with E-state index in [0.29, 0.717) is 0 Å². The van der Waals surface area contributed by atoms with Crippen LogP contribution in [0.4, 0.5) is 5.69 Å². The molecule has 0 bridgehead atoms. The molecule has 0 unspecified atom stereocenters. The van der Waals surface area contributed by atoms with Crippen molar-refractivity contribution in [2.45, 2.75) is 26.2 Å². The first-order valence-corrected chi connectivity index (χ1v) is 7.16. The molecule has 1 aliphatic rings. The summed E-state index contributed by atoms with van der Waals surface area (Å²) in [6.07, 6.45) is 3.41. The molecule has 1 aliphatic carbocycles. The number of nitrogens with one attached hydrogen (secondary N) is 2. The van der Waals surface area contributed by atoms with E-state index in [9.17, 15) is 4.79 Å². The van der Waals surface area contributed by atoms with Crippen LogP contribution in [0.15, 0.2) is 18.2 Å². The second-order valence-electron chi connectivity index (χ2n) is 5.71. The molecule has 0 heterocycles. The molecule has 0 spiro atoms. The SMILES string of the molecule is CNc1ccc(C(=O)NCC2(CCOC)CC2)c(C)c1. The summed E-state index contributed by atoms with van der Waals surface area (Å²) in [6, 6.07) is 5.80. The molecule has 1 saturated carbocycles. The van der Waals surface area contributed by atoms with Crippen molar-refractivity contribution in [3.8, 4) is 0 Å². The van der Waals surface area contributed by atoms with Crippen molar-refractivity contribution in [3.05, 3.63) is 29.3 Å². The van der Waals surface area contributed by atoms with Gasteiger partial charge in [0.1, 0.15) is 0 Å². The molecule has 0 radical (unpaired) electrons. The Balaban J connectivity index is 1.92. The van der Waals surface area contributed by atoms with Crippen molar-refractivity contribution >= 4 is 11.6 Å². The summed E-state index contributed by atoms with van der Waals surface area (Å²) in [6.45, 7) is 3.49. The maximum absolute atomic E-state index is 12.3. The molecule has 1 aromatic rings. The zero-order valence-corrected chi connectivity index (χ0v) is 12.6. The van der Waals surface area contributed by atoms with Gasteiger partial charge in [0.15, 0.2) is 0 Å². The van der Waals surface area contributed by atoms with Crippen molar-refractivity contribution in [3.63, 3.8) is 0 Å². The monoisotopic (exact) mass is 276 g/mol. The number of hydrogen-bond donors (Lipinski definition) is 2. The number of anilines is 1. The van der Waals surface area contributed by atoms with Crippen molar-refractivity contribution in [2.75, 3.05) is 32.6 Å². The molecule has 4 nitrogen and oxygen atoms in total. The van der Waals surface area contributed by atoms with Crippen LogP contribution in [-0.2, 0) is 4.74 Å². The molecule has 0 atom stereocenters. The maximum atomic E-state index is 12.3. The van der Waals surface area contributed by atoms with Crippen LogP contribution in [0.1, 0.15) is 35.2 Å². The van der Waals surface area contributed by atoms with Gasteiger partial charge in [-0.05, 0) is 55.4 Å². The highest BCUT2D eigenvalue weighted by Gasteiger charge is 2.42. The highest BCUT2D eigenvalue weighted by Crippen LogP contribution is 2.48. The fraction of sp³-hybridized carbons (Fsp3) is 0.562. The smallest absolute Gasteiger partial charge is 0.251 e. The zero-order valence-electron chi connectivity index (χ0n) is 12.6. The fourth-order valence-electron chi connectivity index (χ4n) is 2.45. The largest absolute Gasteiger partial charge is 0.388 e. The van der Waals surface area contributed by atoms with Crippen LogP contribution in [0, 0.1) is 12.3 Å². The summed E-state index contributed by atoms with van der Waals surface area (Å²) in [5, 5.41) is 6.15. The molecule has 20 heavy (non-hydrogen) atoms. The van der Waals surface area contributed by atoms with Gasteiger partial charge in [0, 0.05) is 38.6 Å². The average molecular weight is 276 g/mol. The van der Waals surface area contributed by atoms with Crippen molar-refractivity contribution < 1.29 is 9.53 Å². The number of methoxy groups -OCH3 is 1. The molecule has 1 amide bonds. The third-order valence-corrected chi connectivity index (χ3v) is 4.18. The van der Waals surface area contributed by atoms with Crippen LogP contribution < -0.4 is 10.6 Å². The third kappa shape index (κ3) is 3.51. The van der Waals surface area contributed by atoms with Crippen LogP contribution in [-0.4, -0.2) is 33.2 Å². The lowest BCUT2D eigenvalue weighted by atomic mass is 10.0. The van der Waals surface area contributed by atoms with E-state index in [4.69, 9.17) is 4.74 Å². The number of ether oxygens (including phenoxy) is 1. The summed E-state index contributed by atoms with van der Waals surface area (Å²) in [7, 11) is 3.60. The standard InChI is InChI=1S/C16H24N2O2/c1-12-10-13(17-2)4-5-14(12)15(19)18-11-16(6-7-16)8-9-20-3/h4-5,10,17H,6-9,11H2,1-3H3,(H,18,19). The van der Waals surface area contributed by atoms with Gasteiger partial charge in [-0.3, -0.25) is 4.79 Å². The fourth-order valence-corrected chi connectivity index (χ4v) is 2.45. The van der Waals surface area contributed by atoms with Crippen molar-refractivity contribution in [1.29, 1.82) is 0 Å². The molecule has 0 aromatic heterocycles. The number of carbonyl (C=O) groups excluding carboxylic acids is 1. The van der Waals surface area contributed by atoms with Crippen molar-refractivity contribution in [1.82, 2.24) is 5.32 Å². The normalized spacial score (nSPS) is 15.8. The third-order valence-electron chi connectivity index (χ3n) is 4.18. The van der Waals surface area contributed by atoms with Gasteiger partial charge in [-0.15, -0.1) is 0 Å². The number of carbonyl (C=O) groups is 1. The van der Waals surface area contributed by atoms with Gasteiger partial charge in [-0.25, -0.2) is 0 Å². The van der Waals surface area contributed by atoms with Gasteiger partial charge >= 0.3 is 0 Å². The first kappa shape index (κ1) is 14.9. The Labute approximate surface area is 120 Å². The van der Waals surface area contributed by atoms with E-state index in [0.717, 1.165) is 36.4 Å². The molecular weight excluding hydrogens is 252 g/mol. The van der Waals surface area contributed by atoms with Gasteiger partial charge in [0.2, 0.25) is 0 Å². The first-order valence-electron chi connectivity index (χ1n) is 7.16. The van der Waals surface area contributed by atoms with E-state index in [1.54, 1.807) is 7.11 Å². The van der Waals surface area contributed by atoms with Gasteiger partial charge in [-0.1, -0.05) is 0 Å². The van der Waals surface area contributed by atoms with E-state index in [1.807, 2.05) is 32.2 Å².